The number of aromatic nitrogens is 2. The van der Waals surface area contributed by atoms with Crippen molar-refractivity contribution >= 4 is 34.9 Å². The maximum absolute atomic E-state index is 11.8. The Morgan fingerprint density at radius 3 is 3.00 bits per heavy atom. The van der Waals surface area contributed by atoms with Crippen LogP contribution in [0.5, 0.6) is 0 Å². The van der Waals surface area contributed by atoms with Crippen molar-refractivity contribution in [3.05, 3.63) is 16.5 Å². The van der Waals surface area contributed by atoms with E-state index in [4.69, 9.17) is 23.2 Å². The summed E-state index contributed by atoms with van der Waals surface area (Å²) in [7, 11) is 0. The molecule has 7 heteroatoms. The molecule has 0 aliphatic carbocycles. The fourth-order valence-corrected chi connectivity index (χ4v) is 2.57. The average molecular weight is 303 g/mol. The first kappa shape index (κ1) is 14.5. The summed E-state index contributed by atoms with van der Waals surface area (Å²) >= 11 is 11.4. The second-order valence-corrected chi connectivity index (χ2v) is 5.37. The van der Waals surface area contributed by atoms with Crippen LogP contribution in [0.1, 0.15) is 25.7 Å². The first-order chi connectivity index (χ1) is 9.13. The smallest absolute Gasteiger partial charge is 0.225 e. The van der Waals surface area contributed by atoms with E-state index in [0.29, 0.717) is 18.2 Å². The van der Waals surface area contributed by atoms with Gasteiger partial charge >= 0.3 is 0 Å². The van der Waals surface area contributed by atoms with Crippen molar-refractivity contribution in [2.75, 3.05) is 18.4 Å². The van der Waals surface area contributed by atoms with Crippen LogP contribution in [0, 0.1) is 5.92 Å². The second-order valence-electron chi connectivity index (χ2n) is 4.64. The van der Waals surface area contributed by atoms with Crippen LogP contribution in [0.4, 0.5) is 5.82 Å². The van der Waals surface area contributed by atoms with Gasteiger partial charge in [0.05, 0.1) is 0 Å². The molecule has 2 rings (SSSR count). The lowest BCUT2D eigenvalue weighted by Gasteiger charge is -2.22. The molecule has 1 amide bonds. The molecule has 1 atom stereocenters. The van der Waals surface area contributed by atoms with Gasteiger partial charge in [0.15, 0.2) is 0 Å². The zero-order valence-corrected chi connectivity index (χ0v) is 12.0. The van der Waals surface area contributed by atoms with Crippen molar-refractivity contribution < 1.29 is 4.79 Å². The van der Waals surface area contributed by atoms with Gasteiger partial charge in [0.2, 0.25) is 11.2 Å². The Morgan fingerprint density at radius 1 is 1.47 bits per heavy atom. The first-order valence-electron chi connectivity index (χ1n) is 6.34. The van der Waals surface area contributed by atoms with Crippen LogP contribution in [0.2, 0.25) is 10.4 Å². The van der Waals surface area contributed by atoms with E-state index in [2.05, 4.69) is 20.6 Å². The minimum absolute atomic E-state index is 0.0271. The van der Waals surface area contributed by atoms with Gasteiger partial charge in [0.25, 0.3) is 0 Å². The summed E-state index contributed by atoms with van der Waals surface area (Å²) in [5.41, 5.74) is 0. The van der Waals surface area contributed by atoms with Crippen LogP contribution < -0.4 is 10.6 Å². The van der Waals surface area contributed by atoms with E-state index in [9.17, 15) is 4.79 Å². The molecule has 5 nitrogen and oxygen atoms in total. The van der Waals surface area contributed by atoms with Gasteiger partial charge in [0.1, 0.15) is 11.0 Å². The quantitative estimate of drug-likeness (QED) is 0.662. The molecule has 1 unspecified atom stereocenters. The largest absolute Gasteiger partial charge is 0.316 e. The molecule has 0 bridgehead atoms. The van der Waals surface area contributed by atoms with Gasteiger partial charge in [-0.2, -0.15) is 0 Å². The van der Waals surface area contributed by atoms with E-state index < -0.39 is 0 Å². The molecule has 104 valence electrons. The minimum Gasteiger partial charge on any atom is -0.316 e. The SMILES string of the molecule is O=C(CCC1CCCNC1)Nc1cc(Cl)nc(Cl)n1. The molecule has 19 heavy (non-hydrogen) atoms. The second kappa shape index (κ2) is 7.03. The molecule has 0 saturated carbocycles. The molecule has 1 aromatic rings. The van der Waals surface area contributed by atoms with E-state index >= 15 is 0 Å². The maximum atomic E-state index is 11.8. The van der Waals surface area contributed by atoms with E-state index in [1.165, 1.54) is 18.9 Å². The van der Waals surface area contributed by atoms with E-state index in [1.54, 1.807) is 0 Å². The highest BCUT2D eigenvalue weighted by Gasteiger charge is 2.14. The maximum Gasteiger partial charge on any atom is 0.225 e. The molecule has 1 aliphatic rings. The van der Waals surface area contributed by atoms with Crippen LogP contribution in [-0.4, -0.2) is 29.0 Å². The molecule has 2 heterocycles. The van der Waals surface area contributed by atoms with Gasteiger partial charge in [0, 0.05) is 12.5 Å². The first-order valence-corrected chi connectivity index (χ1v) is 7.10. The van der Waals surface area contributed by atoms with E-state index in [0.717, 1.165) is 19.5 Å². The predicted octanol–water partition coefficient (Wildman–Crippen LogP) is 2.50. The fourth-order valence-electron chi connectivity index (χ4n) is 2.16. The number of nitrogens with zero attached hydrogens (tertiary/aromatic N) is 2. The number of carbonyl (C=O) groups is 1. The highest BCUT2D eigenvalue weighted by atomic mass is 35.5. The highest BCUT2D eigenvalue weighted by Crippen LogP contribution is 2.17. The van der Waals surface area contributed by atoms with Crippen molar-refractivity contribution in [1.29, 1.82) is 0 Å². The van der Waals surface area contributed by atoms with E-state index in [-0.39, 0.29) is 16.3 Å². The van der Waals surface area contributed by atoms with Crippen molar-refractivity contribution in [2.24, 2.45) is 5.92 Å². The lowest BCUT2D eigenvalue weighted by molar-refractivity contribution is -0.116. The Bertz CT molecular complexity index is 429. The number of nitrogens with one attached hydrogen (secondary N) is 2. The van der Waals surface area contributed by atoms with Crippen LogP contribution >= 0.6 is 23.2 Å². The van der Waals surface area contributed by atoms with Crippen LogP contribution in [0.15, 0.2) is 6.07 Å². The number of amides is 1. The third-order valence-corrected chi connectivity index (χ3v) is 3.48. The van der Waals surface area contributed by atoms with Crippen LogP contribution in [0.3, 0.4) is 0 Å². The summed E-state index contributed by atoms with van der Waals surface area (Å²) < 4.78 is 0. The van der Waals surface area contributed by atoms with Gasteiger partial charge in [-0.3, -0.25) is 4.79 Å². The number of hydrogen-bond acceptors (Lipinski definition) is 4. The van der Waals surface area contributed by atoms with Gasteiger partial charge < -0.3 is 10.6 Å². The fraction of sp³-hybridized carbons (Fsp3) is 0.583. The molecule has 1 fully saturated rings. The monoisotopic (exact) mass is 302 g/mol. The van der Waals surface area contributed by atoms with Crippen LogP contribution in [-0.2, 0) is 4.79 Å². The summed E-state index contributed by atoms with van der Waals surface area (Å²) in [6.45, 7) is 2.08. The summed E-state index contributed by atoms with van der Waals surface area (Å²) in [5, 5.41) is 6.26. The molecule has 1 aromatic heterocycles. The van der Waals surface area contributed by atoms with Gasteiger partial charge in [-0.1, -0.05) is 11.6 Å². The Labute approximate surface area is 122 Å². The molecule has 2 N–H and O–H groups in total. The number of piperidine rings is 1. The number of anilines is 1. The number of rotatable bonds is 4. The highest BCUT2D eigenvalue weighted by molar-refractivity contribution is 6.32. The summed E-state index contributed by atoms with van der Waals surface area (Å²) in [4.78, 5) is 19.4. The molecule has 1 saturated heterocycles. The third kappa shape index (κ3) is 4.93. The molecule has 0 aromatic carbocycles. The van der Waals surface area contributed by atoms with Gasteiger partial charge in [-0.15, -0.1) is 0 Å². The standard InChI is InChI=1S/C12H16Cl2N4O/c13-9-6-10(18-12(14)16-9)17-11(19)4-3-8-2-1-5-15-7-8/h6,8,15H,1-5,7H2,(H,16,17,18,19). The van der Waals surface area contributed by atoms with Crippen LogP contribution in [0.25, 0.3) is 0 Å². The summed E-state index contributed by atoms with van der Waals surface area (Å²) in [5.74, 6) is 0.852. The number of hydrogen-bond donors (Lipinski definition) is 2. The Balaban J connectivity index is 1.80. The average Bonchev–Trinajstić information content (AvgIpc) is 2.36. The Morgan fingerprint density at radius 2 is 2.32 bits per heavy atom. The predicted molar refractivity (Wildman–Crippen MR) is 75.5 cm³/mol. The topological polar surface area (TPSA) is 66.9 Å². The normalized spacial score (nSPS) is 19.2. The van der Waals surface area contributed by atoms with Crippen molar-refractivity contribution in [3.8, 4) is 0 Å². The molecule has 0 radical (unpaired) electrons. The van der Waals surface area contributed by atoms with E-state index in [1.807, 2.05) is 0 Å². The lowest BCUT2D eigenvalue weighted by atomic mass is 9.94. The molecular weight excluding hydrogens is 287 g/mol. The molecule has 0 spiro atoms. The van der Waals surface area contributed by atoms with Crippen molar-refractivity contribution in [3.63, 3.8) is 0 Å². The summed E-state index contributed by atoms with van der Waals surface area (Å²) in [6.07, 6.45) is 3.73. The van der Waals surface area contributed by atoms with Crippen molar-refractivity contribution in [1.82, 2.24) is 15.3 Å². The zero-order valence-electron chi connectivity index (χ0n) is 10.5. The summed E-state index contributed by atoms with van der Waals surface area (Å²) in [6, 6.07) is 1.48. The van der Waals surface area contributed by atoms with Gasteiger partial charge in [-0.05, 0) is 49.9 Å². The molecule has 1 aliphatic heterocycles. The molecular formula is C12H16Cl2N4O. The third-order valence-electron chi connectivity index (χ3n) is 3.11. The van der Waals surface area contributed by atoms with Gasteiger partial charge in [-0.25, -0.2) is 9.97 Å². The van der Waals surface area contributed by atoms with Crippen molar-refractivity contribution in [2.45, 2.75) is 25.7 Å². The Kier molecular flexibility index (Phi) is 5.36. The minimum atomic E-state index is -0.0728. The lowest BCUT2D eigenvalue weighted by Crippen LogP contribution is -2.30. The zero-order chi connectivity index (χ0) is 13.7. The number of halogens is 2. The number of carbonyl (C=O) groups excluding carboxylic acids is 1. The Hall–Kier alpha value is -0.910.